The van der Waals surface area contributed by atoms with Gasteiger partial charge in [0.1, 0.15) is 5.82 Å². The monoisotopic (exact) mass is 391 g/mol. The molecule has 4 nitrogen and oxygen atoms in total. The fourth-order valence-corrected chi connectivity index (χ4v) is 3.90. The number of rotatable bonds is 4. The van der Waals surface area contributed by atoms with Gasteiger partial charge in [-0.2, -0.15) is 0 Å². The van der Waals surface area contributed by atoms with E-state index in [-0.39, 0.29) is 5.56 Å². The minimum atomic E-state index is -0.0280. The maximum Gasteiger partial charge on any atom is 0.261 e. The van der Waals surface area contributed by atoms with E-state index in [2.05, 4.69) is 24.0 Å². The third-order valence-corrected chi connectivity index (χ3v) is 5.42. The number of benzene rings is 3. The maximum absolute atomic E-state index is 13.3. The molecule has 5 aromatic rings. The van der Waals surface area contributed by atoms with Crippen LogP contribution in [-0.2, 0) is 6.54 Å². The molecule has 0 saturated heterocycles. The van der Waals surface area contributed by atoms with E-state index in [0.29, 0.717) is 23.3 Å². The number of H-pyrrole nitrogens is 1. The number of hydrogen-bond acceptors (Lipinski definition) is 2. The average molecular weight is 391 g/mol. The van der Waals surface area contributed by atoms with Crippen molar-refractivity contribution < 1.29 is 0 Å². The molecule has 2 heterocycles. The molecule has 0 bridgehead atoms. The number of aromatic amines is 1. The summed E-state index contributed by atoms with van der Waals surface area (Å²) in [6, 6.07) is 25.7. The highest BCUT2D eigenvalue weighted by molar-refractivity contribution is 5.93. The largest absolute Gasteiger partial charge is 0.358 e. The molecular weight excluding hydrogens is 370 g/mol. The number of para-hydroxylation sites is 2. The standard InChI is InChI=1S/C26H21N3O/c1-18-20(21-11-5-7-13-23(21)27-18)15-16-25-28-24-14-8-6-12-22(24)26(30)29(25)17-19-9-3-2-4-10-19/h2-16,27H,17H2,1H3. The Morgan fingerprint density at radius 3 is 2.40 bits per heavy atom. The van der Waals surface area contributed by atoms with Crippen LogP contribution in [0.25, 0.3) is 34.0 Å². The van der Waals surface area contributed by atoms with Gasteiger partial charge in [-0.15, -0.1) is 0 Å². The summed E-state index contributed by atoms with van der Waals surface area (Å²) >= 11 is 0. The molecule has 30 heavy (non-hydrogen) atoms. The number of hydrogen-bond donors (Lipinski definition) is 1. The predicted molar refractivity (Wildman–Crippen MR) is 124 cm³/mol. The van der Waals surface area contributed by atoms with E-state index in [1.165, 1.54) is 0 Å². The van der Waals surface area contributed by atoms with Crippen LogP contribution in [0.4, 0.5) is 0 Å². The van der Waals surface area contributed by atoms with Gasteiger partial charge >= 0.3 is 0 Å². The Labute approximate surface area is 174 Å². The highest BCUT2D eigenvalue weighted by atomic mass is 16.1. The van der Waals surface area contributed by atoms with Crippen molar-refractivity contribution in [2.24, 2.45) is 0 Å². The first-order valence-electron chi connectivity index (χ1n) is 9.99. The molecule has 5 rings (SSSR count). The maximum atomic E-state index is 13.3. The van der Waals surface area contributed by atoms with Crippen molar-refractivity contribution in [3.63, 3.8) is 0 Å². The number of nitrogens with zero attached hydrogens (tertiary/aromatic N) is 2. The predicted octanol–water partition coefficient (Wildman–Crippen LogP) is 5.40. The van der Waals surface area contributed by atoms with Crippen LogP contribution in [0, 0.1) is 6.92 Å². The lowest BCUT2D eigenvalue weighted by Gasteiger charge is -2.11. The van der Waals surface area contributed by atoms with Crippen LogP contribution in [0.3, 0.4) is 0 Å². The molecule has 0 aliphatic rings. The van der Waals surface area contributed by atoms with E-state index in [1.54, 1.807) is 4.57 Å². The number of aryl methyl sites for hydroxylation is 1. The van der Waals surface area contributed by atoms with Crippen LogP contribution >= 0.6 is 0 Å². The molecule has 4 heteroatoms. The molecule has 2 aromatic heterocycles. The molecule has 0 spiro atoms. The van der Waals surface area contributed by atoms with Gasteiger partial charge in [0.25, 0.3) is 5.56 Å². The van der Waals surface area contributed by atoms with Gasteiger partial charge in [0, 0.05) is 22.2 Å². The summed E-state index contributed by atoms with van der Waals surface area (Å²) in [6.45, 7) is 2.54. The minimum Gasteiger partial charge on any atom is -0.358 e. The zero-order chi connectivity index (χ0) is 20.5. The molecule has 146 valence electrons. The SMILES string of the molecule is Cc1[nH]c2ccccc2c1C=Cc1nc2ccccc2c(=O)n1Cc1ccccc1. The quantitative estimate of drug-likeness (QED) is 0.446. The van der Waals surface area contributed by atoms with Crippen molar-refractivity contribution in [2.75, 3.05) is 0 Å². The van der Waals surface area contributed by atoms with Gasteiger partial charge in [0.15, 0.2) is 0 Å². The summed E-state index contributed by atoms with van der Waals surface area (Å²) in [5, 5.41) is 1.79. The molecule has 0 saturated carbocycles. The smallest absolute Gasteiger partial charge is 0.261 e. The van der Waals surface area contributed by atoms with E-state index >= 15 is 0 Å². The molecule has 0 atom stereocenters. The van der Waals surface area contributed by atoms with E-state index < -0.39 is 0 Å². The van der Waals surface area contributed by atoms with Crippen molar-refractivity contribution in [2.45, 2.75) is 13.5 Å². The normalized spacial score (nSPS) is 11.6. The summed E-state index contributed by atoms with van der Waals surface area (Å²) in [7, 11) is 0. The first kappa shape index (κ1) is 18.1. The van der Waals surface area contributed by atoms with Gasteiger partial charge in [-0.05, 0) is 42.8 Å². The van der Waals surface area contributed by atoms with Crippen molar-refractivity contribution in [3.8, 4) is 0 Å². The zero-order valence-corrected chi connectivity index (χ0v) is 16.7. The highest BCUT2D eigenvalue weighted by Gasteiger charge is 2.11. The van der Waals surface area contributed by atoms with E-state index in [4.69, 9.17) is 4.98 Å². The van der Waals surface area contributed by atoms with Gasteiger partial charge in [-0.3, -0.25) is 9.36 Å². The molecule has 0 aliphatic heterocycles. The van der Waals surface area contributed by atoms with Crippen LogP contribution in [0.1, 0.15) is 22.6 Å². The van der Waals surface area contributed by atoms with Gasteiger partial charge in [0.2, 0.25) is 0 Å². The highest BCUT2D eigenvalue weighted by Crippen LogP contribution is 2.24. The topological polar surface area (TPSA) is 50.7 Å². The van der Waals surface area contributed by atoms with E-state index in [9.17, 15) is 4.79 Å². The van der Waals surface area contributed by atoms with Gasteiger partial charge < -0.3 is 4.98 Å². The second-order valence-corrected chi connectivity index (χ2v) is 7.41. The summed E-state index contributed by atoms with van der Waals surface area (Å²) in [6.07, 6.45) is 3.99. The van der Waals surface area contributed by atoms with Crippen LogP contribution in [-0.4, -0.2) is 14.5 Å². The van der Waals surface area contributed by atoms with Gasteiger partial charge in [-0.25, -0.2) is 4.98 Å². The minimum absolute atomic E-state index is 0.0280. The molecule has 3 aromatic carbocycles. The molecule has 1 N–H and O–H groups in total. The second-order valence-electron chi connectivity index (χ2n) is 7.41. The van der Waals surface area contributed by atoms with Crippen molar-refractivity contribution in [1.82, 2.24) is 14.5 Å². The lowest BCUT2D eigenvalue weighted by atomic mass is 10.1. The molecule has 0 aliphatic carbocycles. The van der Waals surface area contributed by atoms with E-state index in [1.807, 2.05) is 78.9 Å². The van der Waals surface area contributed by atoms with Crippen LogP contribution in [0.15, 0.2) is 83.7 Å². The Kier molecular flexibility index (Phi) is 4.52. The Bertz CT molecular complexity index is 1440. The molecule has 0 amide bonds. The van der Waals surface area contributed by atoms with Crippen LogP contribution in [0.5, 0.6) is 0 Å². The fraction of sp³-hybridized carbons (Fsp3) is 0.0769. The fourth-order valence-electron chi connectivity index (χ4n) is 3.90. The number of nitrogens with one attached hydrogen (secondary N) is 1. The number of aromatic nitrogens is 3. The zero-order valence-electron chi connectivity index (χ0n) is 16.7. The third kappa shape index (κ3) is 3.22. The Balaban J connectivity index is 1.67. The molecule has 0 unspecified atom stereocenters. The molecule has 0 fully saturated rings. The number of fused-ring (bicyclic) bond motifs is 2. The Hall–Kier alpha value is -3.92. The van der Waals surface area contributed by atoms with Crippen molar-refractivity contribution in [1.29, 1.82) is 0 Å². The van der Waals surface area contributed by atoms with Crippen LogP contribution < -0.4 is 5.56 Å². The van der Waals surface area contributed by atoms with Crippen molar-refractivity contribution in [3.05, 3.63) is 112 Å². The second kappa shape index (κ2) is 7.48. The summed E-state index contributed by atoms with van der Waals surface area (Å²) in [4.78, 5) is 21.5. The summed E-state index contributed by atoms with van der Waals surface area (Å²) in [5.41, 5.74) is 5.05. The lowest BCUT2D eigenvalue weighted by Crippen LogP contribution is -2.24. The summed E-state index contributed by atoms with van der Waals surface area (Å²) < 4.78 is 1.75. The third-order valence-electron chi connectivity index (χ3n) is 5.42. The Morgan fingerprint density at radius 2 is 1.57 bits per heavy atom. The first-order valence-corrected chi connectivity index (χ1v) is 9.99. The molecular formula is C26H21N3O. The van der Waals surface area contributed by atoms with E-state index in [0.717, 1.165) is 27.7 Å². The average Bonchev–Trinajstić information content (AvgIpc) is 3.10. The lowest BCUT2D eigenvalue weighted by molar-refractivity contribution is 0.738. The van der Waals surface area contributed by atoms with Crippen LogP contribution in [0.2, 0.25) is 0 Å². The van der Waals surface area contributed by atoms with Crippen molar-refractivity contribution >= 4 is 34.0 Å². The van der Waals surface area contributed by atoms with Gasteiger partial charge in [0.05, 0.1) is 17.4 Å². The summed E-state index contributed by atoms with van der Waals surface area (Å²) in [5.74, 6) is 0.646. The Morgan fingerprint density at radius 1 is 0.867 bits per heavy atom. The first-order chi connectivity index (χ1) is 14.7. The van der Waals surface area contributed by atoms with Gasteiger partial charge in [-0.1, -0.05) is 60.7 Å². The molecule has 0 radical (unpaired) electrons.